The molecule has 1 heteroatoms. The molecule has 0 aliphatic heterocycles. The average molecular weight is 213 g/mol. The first-order chi connectivity index (χ1) is 7.52. The van der Waals surface area contributed by atoms with Gasteiger partial charge in [0.15, 0.2) is 0 Å². The fourth-order valence-electron chi connectivity index (χ4n) is 2.03. The van der Waals surface area contributed by atoms with Crippen molar-refractivity contribution in [3.63, 3.8) is 0 Å². The summed E-state index contributed by atoms with van der Waals surface area (Å²) in [6, 6.07) is 10.7. The van der Waals surface area contributed by atoms with Crippen molar-refractivity contribution in [2.24, 2.45) is 0 Å². The Kier molecular flexibility index (Phi) is 2.71. The minimum atomic E-state index is 0.173. The van der Waals surface area contributed by atoms with Gasteiger partial charge in [-0.05, 0) is 29.5 Å². The van der Waals surface area contributed by atoms with Crippen molar-refractivity contribution >= 4 is 10.9 Å². The van der Waals surface area contributed by atoms with Crippen LogP contribution in [0.25, 0.3) is 10.9 Å². The van der Waals surface area contributed by atoms with Gasteiger partial charge in [-0.1, -0.05) is 45.9 Å². The molecule has 0 aliphatic carbocycles. The summed E-state index contributed by atoms with van der Waals surface area (Å²) >= 11 is 0. The quantitative estimate of drug-likeness (QED) is 0.695. The van der Waals surface area contributed by atoms with Crippen LogP contribution in [0, 0.1) is 0 Å². The van der Waals surface area contributed by atoms with E-state index in [0.717, 1.165) is 11.9 Å². The van der Waals surface area contributed by atoms with E-state index in [1.807, 2.05) is 0 Å². The van der Waals surface area contributed by atoms with Crippen LogP contribution in [-0.2, 0) is 11.8 Å². The van der Waals surface area contributed by atoms with Gasteiger partial charge in [0, 0.05) is 11.1 Å². The number of hydrogen-bond acceptors (Lipinski definition) is 1. The highest BCUT2D eigenvalue weighted by Crippen LogP contribution is 2.29. The van der Waals surface area contributed by atoms with Gasteiger partial charge in [0.25, 0.3) is 0 Å². The fraction of sp³-hybridized carbons (Fsp3) is 0.400. The van der Waals surface area contributed by atoms with Crippen molar-refractivity contribution in [3.8, 4) is 0 Å². The third-order valence-electron chi connectivity index (χ3n) is 2.94. The first-order valence-corrected chi connectivity index (χ1v) is 5.91. The molecule has 0 N–H and O–H groups in total. The zero-order valence-electron chi connectivity index (χ0n) is 10.5. The van der Waals surface area contributed by atoms with Crippen LogP contribution in [0.1, 0.15) is 39.0 Å². The first-order valence-electron chi connectivity index (χ1n) is 5.91. The molecule has 0 atom stereocenters. The van der Waals surface area contributed by atoms with E-state index in [1.165, 1.54) is 16.6 Å². The summed E-state index contributed by atoms with van der Waals surface area (Å²) < 4.78 is 0. The summed E-state index contributed by atoms with van der Waals surface area (Å²) in [7, 11) is 0. The topological polar surface area (TPSA) is 12.9 Å². The lowest BCUT2D eigenvalue weighted by Gasteiger charge is -2.22. The Morgan fingerprint density at radius 1 is 1.12 bits per heavy atom. The zero-order valence-corrected chi connectivity index (χ0v) is 10.5. The number of rotatable bonds is 1. The van der Waals surface area contributed by atoms with Crippen LogP contribution in [-0.4, -0.2) is 4.98 Å². The minimum Gasteiger partial charge on any atom is -0.253 e. The Labute approximate surface area is 97.5 Å². The van der Waals surface area contributed by atoms with E-state index in [0.29, 0.717) is 0 Å². The van der Waals surface area contributed by atoms with Gasteiger partial charge in [-0.3, -0.25) is 4.98 Å². The van der Waals surface area contributed by atoms with Crippen LogP contribution >= 0.6 is 0 Å². The lowest BCUT2D eigenvalue weighted by atomic mass is 9.84. The Morgan fingerprint density at radius 3 is 2.44 bits per heavy atom. The van der Waals surface area contributed by atoms with Crippen LogP contribution in [0.2, 0.25) is 0 Å². The van der Waals surface area contributed by atoms with E-state index in [1.54, 1.807) is 0 Å². The molecule has 1 aromatic carbocycles. The molecule has 0 saturated heterocycles. The third-order valence-corrected chi connectivity index (χ3v) is 2.94. The Balaban J connectivity index is 2.79. The molecule has 1 aromatic heterocycles. The molecule has 1 nitrogen and oxygen atoms in total. The summed E-state index contributed by atoms with van der Waals surface area (Å²) in [4.78, 5) is 4.67. The molecular weight excluding hydrogens is 194 g/mol. The largest absolute Gasteiger partial charge is 0.253 e. The molecule has 84 valence electrons. The van der Waals surface area contributed by atoms with Crippen LogP contribution in [0.4, 0.5) is 0 Å². The Hall–Kier alpha value is -1.37. The number of benzene rings is 1. The highest BCUT2D eigenvalue weighted by Gasteiger charge is 2.17. The van der Waals surface area contributed by atoms with Gasteiger partial charge in [-0.2, -0.15) is 0 Å². The van der Waals surface area contributed by atoms with Gasteiger partial charge in [-0.25, -0.2) is 0 Å². The van der Waals surface area contributed by atoms with Crippen molar-refractivity contribution in [2.45, 2.75) is 39.5 Å². The fourth-order valence-corrected chi connectivity index (χ4v) is 2.03. The molecule has 0 unspecified atom stereocenters. The molecule has 2 aromatic rings. The summed E-state index contributed by atoms with van der Waals surface area (Å²) in [6.45, 7) is 8.93. The predicted octanol–water partition coefficient (Wildman–Crippen LogP) is 4.09. The van der Waals surface area contributed by atoms with Crippen LogP contribution in [0.3, 0.4) is 0 Å². The molecule has 0 spiro atoms. The van der Waals surface area contributed by atoms with Gasteiger partial charge in [0.1, 0.15) is 0 Å². The van der Waals surface area contributed by atoms with Crippen LogP contribution < -0.4 is 0 Å². The molecule has 1 heterocycles. The molecule has 0 bridgehead atoms. The van der Waals surface area contributed by atoms with E-state index in [4.69, 9.17) is 0 Å². The SMILES string of the molecule is CCc1cc(C(C)(C)C)c2ccccc2n1. The number of aryl methyl sites for hydroxylation is 1. The summed E-state index contributed by atoms with van der Waals surface area (Å²) in [5, 5.41) is 1.28. The maximum atomic E-state index is 4.67. The van der Waals surface area contributed by atoms with Crippen molar-refractivity contribution in [1.82, 2.24) is 4.98 Å². The van der Waals surface area contributed by atoms with E-state index >= 15 is 0 Å². The molecule has 0 radical (unpaired) electrons. The number of nitrogens with zero attached hydrogens (tertiary/aromatic N) is 1. The molecule has 0 amide bonds. The Morgan fingerprint density at radius 2 is 1.81 bits per heavy atom. The van der Waals surface area contributed by atoms with E-state index in [2.05, 4.69) is 63.0 Å². The van der Waals surface area contributed by atoms with Gasteiger partial charge in [-0.15, -0.1) is 0 Å². The molecule has 0 fully saturated rings. The number of aromatic nitrogens is 1. The number of fused-ring (bicyclic) bond motifs is 1. The third kappa shape index (κ3) is 1.95. The van der Waals surface area contributed by atoms with Gasteiger partial charge in [0.2, 0.25) is 0 Å². The Bertz CT molecular complexity index is 506. The van der Waals surface area contributed by atoms with Crippen molar-refractivity contribution in [2.75, 3.05) is 0 Å². The number of hydrogen-bond donors (Lipinski definition) is 0. The second kappa shape index (κ2) is 3.89. The van der Waals surface area contributed by atoms with Crippen molar-refractivity contribution in [1.29, 1.82) is 0 Å². The van der Waals surface area contributed by atoms with Crippen molar-refractivity contribution < 1.29 is 0 Å². The lowest BCUT2D eigenvalue weighted by Crippen LogP contribution is -2.13. The standard InChI is InChI=1S/C15H19N/c1-5-11-10-13(15(2,3)4)12-8-6-7-9-14(12)16-11/h6-10H,5H2,1-4H3. The summed E-state index contributed by atoms with van der Waals surface area (Å²) in [6.07, 6.45) is 0.994. The second-order valence-electron chi connectivity index (χ2n) is 5.28. The number of pyridine rings is 1. The smallest absolute Gasteiger partial charge is 0.0708 e. The molecule has 0 saturated carbocycles. The average Bonchev–Trinajstić information content (AvgIpc) is 2.26. The second-order valence-corrected chi connectivity index (χ2v) is 5.28. The predicted molar refractivity (Wildman–Crippen MR) is 69.8 cm³/mol. The van der Waals surface area contributed by atoms with E-state index in [-0.39, 0.29) is 5.41 Å². The highest BCUT2D eigenvalue weighted by molar-refractivity contribution is 5.83. The minimum absolute atomic E-state index is 0.173. The normalized spacial score (nSPS) is 12.0. The van der Waals surface area contributed by atoms with Gasteiger partial charge in [0.05, 0.1) is 5.52 Å². The number of para-hydroxylation sites is 1. The maximum Gasteiger partial charge on any atom is 0.0708 e. The lowest BCUT2D eigenvalue weighted by molar-refractivity contribution is 0.594. The van der Waals surface area contributed by atoms with Crippen LogP contribution in [0.5, 0.6) is 0 Å². The van der Waals surface area contributed by atoms with Gasteiger partial charge < -0.3 is 0 Å². The van der Waals surface area contributed by atoms with E-state index < -0.39 is 0 Å². The monoisotopic (exact) mass is 213 g/mol. The maximum absolute atomic E-state index is 4.67. The molecule has 2 rings (SSSR count). The first kappa shape index (κ1) is 11.1. The molecular formula is C15H19N. The molecule has 16 heavy (non-hydrogen) atoms. The van der Waals surface area contributed by atoms with Crippen molar-refractivity contribution in [3.05, 3.63) is 41.6 Å². The molecule has 0 aliphatic rings. The van der Waals surface area contributed by atoms with E-state index in [9.17, 15) is 0 Å². The van der Waals surface area contributed by atoms with Crippen LogP contribution in [0.15, 0.2) is 30.3 Å². The summed E-state index contributed by atoms with van der Waals surface area (Å²) in [5.41, 5.74) is 3.87. The van der Waals surface area contributed by atoms with Gasteiger partial charge >= 0.3 is 0 Å². The highest BCUT2D eigenvalue weighted by atomic mass is 14.7. The summed E-state index contributed by atoms with van der Waals surface area (Å²) in [5.74, 6) is 0. The zero-order chi connectivity index (χ0) is 11.8.